The second kappa shape index (κ2) is 6.59. The third-order valence-electron chi connectivity index (χ3n) is 2.37. The maximum absolute atomic E-state index is 9.11. The normalized spacial score (nSPS) is 9.29. The highest BCUT2D eigenvalue weighted by Gasteiger charge is 1.92. The molecule has 0 saturated heterocycles. The highest BCUT2D eigenvalue weighted by atomic mass is 16.3. The van der Waals surface area contributed by atoms with Crippen molar-refractivity contribution in [1.29, 1.82) is 0 Å². The van der Waals surface area contributed by atoms with Gasteiger partial charge >= 0.3 is 0 Å². The second-order valence-corrected chi connectivity index (χ2v) is 3.82. The van der Waals surface area contributed by atoms with E-state index in [9.17, 15) is 0 Å². The largest absolute Gasteiger partial charge is 0.508 e. The molecule has 0 atom stereocenters. The number of phenolic OH excluding ortho intramolecular Hbond substituents is 2. The van der Waals surface area contributed by atoms with Gasteiger partial charge in [0.15, 0.2) is 0 Å². The summed E-state index contributed by atoms with van der Waals surface area (Å²) in [5.41, 5.74) is 2.10. The molecule has 2 aromatic rings. The van der Waals surface area contributed by atoms with Crippen LogP contribution in [0.4, 0.5) is 0 Å². The molecule has 0 radical (unpaired) electrons. The maximum Gasteiger partial charge on any atom is 0.118 e. The first kappa shape index (κ1) is 13.1. The number of hydrogen-bond donors (Lipinski definition) is 2. The fraction of sp³-hybridized carbons (Fsp3) is 0.200. The monoisotopic (exact) mass is 230 g/mol. The van der Waals surface area contributed by atoms with E-state index >= 15 is 0 Å². The van der Waals surface area contributed by atoms with Crippen molar-refractivity contribution in [2.45, 2.75) is 20.3 Å². The van der Waals surface area contributed by atoms with Gasteiger partial charge in [0, 0.05) is 0 Å². The number of para-hydroxylation sites is 1. The lowest BCUT2D eigenvalue weighted by atomic mass is 10.1. The Morgan fingerprint density at radius 2 is 1.65 bits per heavy atom. The molecule has 2 heteroatoms. The summed E-state index contributed by atoms with van der Waals surface area (Å²) in [4.78, 5) is 0. The molecule has 0 aliphatic carbocycles. The van der Waals surface area contributed by atoms with E-state index in [1.54, 1.807) is 18.2 Å². The van der Waals surface area contributed by atoms with Gasteiger partial charge in [0.05, 0.1) is 0 Å². The highest BCUT2D eigenvalue weighted by molar-refractivity contribution is 5.31. The van der Waals surface area contributed by atoms with Gasteiger partial charge in [-0.05, 0) is 42.7 Å². The van der Waals surface area contributed by atoms with Crippen molar-refractivity contribution in [3.63, 3.8) is 0 Å². The van der Waals surface area contributed by atoms with Gasteiger partial charge in [0.25, 0.3) is 0 Å². The summed E-state index contributed by atoms with van der Waals surface area (Å²) in [6, 6.07) is 14.5. The lowest BCUT2D eigenvalue weighted by Crippen LogP contribution is -1.77. The topological polar surface area (TPSA) is 40.5 Å². The van der Waals surface area contributed by atoms with E-state index in [2.05, 4.69) is 0 Å². The van der Waals surface area contributed by atoms with Gasteiger partial charge in [0.2, 0.25) is 0 Å². The van der Waals surface area contributed by atoms with E-state index in [0.29, 0.717) is 11.5 Å². The standard InChI is InChI=1S/C8H10O.C7H8O/c1-2-7-5-3-4-6-8(7)9;1-6-3-2-4-7(8)5-6/h3-6,9H,2H2,1H3;2-5,8H,1H3. The molecule has 0 aliphatic rings. The smallest absolute Gasteiger partial charge is 0.118 e. The van der Waals surface area contributed by atoms with Gasteiger partial charge < -0.3 is 10.2 Å². The van der Waals surface area contributed by atoms with Crippen LogP contribution in [-0.4, -0.2) is 10.2 Å². The molecule has 0 fully saturated rings. The number of phenols is 2. The molecule has 17 heavy (non-hydrogen) atoms. The summed E-state index contributed by atoms with van der Waals surface area (Å²) in [6.07, 6.45) is 0.896. The first-order valence-electron chi connectivity index (χ1n) is 5.66. The molecule has 0 amide bonds. The quantitative estimate of drug-likeness (QED) is 0.785. The van der Waals surface area contributed by atoms with Crippen LogP contribution in [0.2, 0.25) is 0 Å². The number of aromatic hydroxyl groups is 2. The predicted molar refractivity (Wildman–Crippen MR) is 70.3 cm³/mol. The van der Waals surface area contributed by atoms with Crippen molar-refractivity contribution < 1.29 is 10.2 Å². The zero-order valence-electron chi connectivity index (χ0n) is 10.2. The minimum atomic E-state index is 0.338. The van der Waals surface area contributed by atoms with E-state index in [-0.39, 0.29) is 0 Å². The minimum absolute atomic E-state index is 0.338. The van der Waals surface area contributed by atoms with Crippen LogP contribution in [0.25, 0.3) is 0 Å². The Hall–Kier alpha value is -1.96. The van der Waals surface area contributed by atoms with Gasteiger partial charge in [0.1, 0.15) is 11.5 Å². The lowest BCUT2D eigenvalue weighted by molar-refractivity contribution is 0.469. The van der Waals surface area contributed by atoms with Crippen molar-refractivity contribution in [3.8, 4) is 11.5 Å². The molecule has 90 valence electrons. The Morgan fingerprint density at radius 1 is 0.941 bits per heavy atom. The molecule has 0 bridgehead atoms. The third-order valence-corrected chi connectivity index (χ3v) is 2.37. The van der Waals surface area contributed by atoms with Crippen molar-refractivity contribution >= 4 is 0 Å². The SMILES string of the molecule is CCc1ccccc1O.Cc1cccc(O)c1. The molecular weight excluding hydrogens is 212 g/mol. The first-order chi connectivity index (χ1) is 8.13. The molecule has 0 heterocycles. The average molecular weight is 230 g/mol. The molecule has 2 nitrogen and oxygen atoms in total. The summed E-state index contributed by atoms with van der Waals surface area (Å²) < 4.78 is 0. The number of benzene rings is 2. The highest BCUT2D eigenvalue weighted by Crippen LogP contribution is 2.14. The first-order valence-corrected chi connectivity index (χ1v) is 5.66. The van der Waals surface area contributed by atoms with Crippen LogP contribution in [0.3, 0.4) is 0 Å². The van der Waals surface area contributed by atoms with Gasteiger partial charge in [-0.1, -0.05) is 37.3 Å². The average Bonchev–Trinajstić information content (AvgIpc) is 2.30. The summed E-state index contributed by atoms with van der Waals surface area (Å²) in [6.45, 7) is 3.97. The van der Waals surface area contributed by atoms with Crippen LogP contribution in [0.5, 0.6) is 11.5 Å². The van der Waals surface area contributed by atoms with Crippen molar-refractivity contribution in [3.05, 3.63) is 59.7 Å². The van der Waals surface area contributed by atoms with Crippen molar-refractivity contribution in [2.75, 3.05) is 0 Å². The van der Waals surface area contributed by atoms with Crippen LogP contribution in [0, 0.1) is 6.92 Å². The second-order valence-electron chi connectivity index (χ2n) is 3.82. The lowest BCUT2D eigenvalue weighted by Gasteiger charge is -1.97. The zero-order valence-corrected chi connectivity index (χ0v) is 10.2. The van der Waals surface area contributed by atoms with Gasteiger partial charge in [-0.3, -0.25) is 0 Å². The fourth-order valence-electron chi connectivity index (χ4n) is 1.44. The Morgan fingerprint density at radius 3 is 2.06 bits per heavy atom. The summed E-state index contributed by atoms with van der Waals surface area (Å²) in [7, 11) is 0. The Bertz CT molecular complexity index is 447. The van der Waals surface area contributed by atoms with Crippen LogP contribution >= 0.6 is 0 Å². The number of hydrogen-bond acceptors (Lipinski definition) is 2. The van der Waals surface area contributed by atoms with Gasteiger partial charge in [-0.2, -0.15) is 0 Å². The number of aryl methyl sites for hydroxylation is 2. The summed E-state index contributed by atoms with van der Waals surface area (Å²) in [5, 5.41) is 17.9. The van der Waals surface area contributed by atoms with Crippen LogP contribution in [0.15, 0.2) is 48.5 Å². The number of rotatable bonds is 1. The molecule has 2 N–H and O–H groups in total. The van der Waals surface area contributed by atoms with E-state index in [1.807, 2.05) is 44.2 Å². The van der Waals surface area contributed by atoms with Crippen LogP contribution < -0.4 is 0 Å². The van der Waals surface area contributed by atoms with E-state index in [4.69, 9.17) is 10.2 Å². The predicted octanol–water partition coefficient (Wildman–Crippen LogP) is 3.66. The van der Waals surface area contributed by atoms with Gasteiger partial charge in [-0.15, -0.1) is 0 Å². The van der Waals surface area contributed by atoms with Gasteiger partial charge in [-0.25, -0.2) is 0 Å². The molecule has 0 saturated carbocycles. The van der Waals surface area contributed by atoms with E-state index in [0.717, 1.165) is 17.5 Å². The maximum atomic E-state index is 9.11. The fourth-order valence-corrected chi connectivity index (χ4v) is 1.44. The summed E-state index contributed by atoms with van der Waals surface area (Å²) in [5.74, 6) is 0.741. The Kier molecular flexibility index (Phi) is 5.08. The molecule has 2 rings (SSSR count). The van der Waals surface area contributed by atoms with Crippen LogP contribution in [0.1, 0.15) is 18.1 Å². The Balaban J connectivity index is 0.000000171. The third kappa shape index (κ3) is 4.60. The van der Waals surface area contributed by atoms with E-state index < -0.39 is 0 Å². The Labute approximate surface area is 102 Å². The molecule has 2 aromatic carbocycles. The van der Waals surface area contributed by atoms with Crippen LogP contribution in [-0.2, 0) is 6.42 Å². The minimum Gasteiger partial charge on any atom is -0.508 e. The summed E-state index contributed by atoms with van der Waals surface area (Å²) >= 11 is 0. The molecular formula is C15H18O2. The van der Waals surface area contributed by atoms with Crippen molar-refractivity contribution in [2.24, 2.45) is 0 Å². The molecule has 0 unspecified atom stereocenters. The molecule has 0 aromatic heterocycles. The molecule has 0 aliphatic heterocycles. The van der Waals surface area contributed by atoms with E-state index in [1.165, 1.54) is 0 Å². The molecule has 0 spiro atoms. The van der Waals surface area contributed by atoms with Crippen molar-refractivity contribution in [1.82, 2.24) is 0 Å². The zero-order chi connectivity index (χ0) is 12.7.